The summed E-state index contributed by atoms with van der Waals surface area (Å²) in [5.74, 6) is -0.439. The topological polar surface area (TPSA) is 73.3 Å². The summed E-state index contributed by atoms with van der Waals surface area (Å²) in [5.41, 5.74) is 2.03. The first-order valence-corrected chi connectivity index (χ1v) is 9.57. The molecule has 0 N–H and O–H groups in total. The smallest absolute Gasteiger partial charge is 0.266 e. The number of hydrogen-bond donors (Lipinski definition) is 0. The first-order chi connectivity index (χ1) is 15.1. The highest BCUT2D eigenvalue weighted by atomic mass is 19.1. The predicted molar refractivity (Wildman–Crippen MR) is 112 cm³/mol. The van der Waals surface area contributed by atoms with E-state index in [1.807, 2.05) is 24.3 Å². The van der Waals surface area contributed by atoms with E-state index in [1.165, 1.54) is 18.2 Å². The molecule has 2 aromatic heterocycles. The van der Waals surface area contributed by atoms with Gasteiger partial charge in [-0.05, 0) is 53.2 Å². The van der Waals surface area contributed by atoms with Crippen molar-refractivity contribution in [3.63, 3.8) is 0 Å². The van der Waals surface area contributed by atoms with E-state index < -0.39 is 0 Å². The van der Waals surface area contributed by atoms with Crippen LogP contribution >= 0.6 is 0 Å². The number of rotatable bonds is 2. The Morgan fingerprint density at radius 2 is 1.45 bits per heavy atom. The molecule has 2 heterocycles. The number of benzene rings is 3. The molecule has 5 nitrogen and oxygen atoms in total. The average Bonchev–Trinajstić information content (AvgIpc) is 3.40. The third-order valence-electron chi connectivity index (χ3n) is 5.35. The van der Waals surface area contributed by atoms with Crippen molar-refractivity contribution >= 4 is 39.7 Å². The van der Waals surface area contributed by atoms with Crippen LogP contribution in [0.4, 0.5) is 4.39 Å². The number of furan rings is 1. The van der Waals surface area contributed by atoms with Crippen molar-refractivity contribution in [2.75, 3.05) is 0 Å². The standard InChI is InChI=1S/C25H12FNO4/c26-16-7-5-13(6-8-16)24-27-25-21(31-24)12-17(30-25)11-20-22(28)18-9-14-3-1-2-4-15(14)10-19(18)23(20)29/h1-12H. The number of aromatic nitrogens is 1. The molecule has 6 rings (SSSR count). The average molecular weight is 409 g/mol. The second-order valence-corrected chi connectivity index (χ2v) is 7.31. The summed E-state index contributed by atoms with van der Waals surface area (Å²) in [6.07, 6.45) is 1.42. The molecule has 3 aromatic carbocycles. The van der Waals surface area contributed by atoms with Gasteiger partial charge in [-0.3, -0.25) is 9.59 Å². The fourth-order valence-corrected chi connectivity index (χ4v) is 3.82. The maximum atomic E-state index is 13.1. The van der Waals surface area contributed by atoms with E-state index in [0.717, 1.165) is 10.8 Å². The molecule has 0 aliphatic heterocycles. The minimum Gasteiger partial charge on any atom is -0.436 e. The molecule has 1 aliphatic rings. The molecule has 0 spiro atoms. The summed E-state index contributed by atoms with van der Waals surface area (Å²) < 4.78 is 24.5. The molecule has 5 aromatic rings. The molecule has 0 atom stereocenters. The van der Waals surface area contributed by atoms with Gasteiger partial charge in [0.1, 0.15) is 11.6 Å². The molecular formula is C25H12FNO4. The monoisotopic (exact) mass is 409 g/mol. The lowest BCUT2D eigenvalue weighted by Gasteiger charge is -2.00. The molecule has 0 unspecified atom stereocenters. The van der Waals surface area contributed by atoms with E-state index in [-0.39, 0.29) is 28.7 Å². The minimum absolute atomic E-state index is 0.0421. The maximum absolute atomic E-state index is 13.1. The van der Waals surface area contributed by atoms with E-state index in [2.05, 4.69) is 4.98 Å². The van der Waals surface area contributed by atoms with E-state index in [9.17, 15) is 14.0 Å². The van der Waals surface area contributed by atoms with Crippen molar-refractivity contribution in [1.29, 1.82) is 0 Å². The van der Waals surface area contributed by atoms with Crippen molar-refractivity contribution in [2.45, 2.75) is 0 Å². The Kier molecular flexibility index (Phi) is 3.58. The van der Waals surface area contributed by atoms with Crippen LogP contribution in [0.3, 0.4) is 0 Å². The Hall–Kier alpha value is -4.32. The highest BCUT2D eigenvalue weighted by Gasteiger charge is 2.33. The SMILES string of the molecule is O=C1C(=Cc2cc3oc(-c4ccc(F)cc4)nc3o2)C(=O)c2cc3ccccc3cc21. The number of ketones is 2. The summed E-state index contributed by atoms with van der Waals surface area (Å²) in [5, 5.41) is 1.80. The number of allylic oxidation sites excluding steroid dienone is 1. The summed E-state index contributed by atoms with van der Waals surface area (Å²) in [6.45, 7) is 0. The number of carbonyl (C=O) groups is 2. The zero-order chi connectivity index (χ0) is 21.1. The summed E-state index contributed by atoms with van der Waals surface area (Å²) >= 11 is 0. The zero-order valence-corrected chi connectivity index (χ0v) is 15.9. The normalized spacial score (nSPS) is 13.4. The third-order valence-corrected chi connectivity index (χ3v) is 5.35. The largest absolute Gasteiger partial charge is 0.436 e. The van der Waals surface area contributed by atoms with E-state index in [0.29, 0.717) is 33.9 Å². The number of hydrogen-bond acceptors (Lipinski definition) is 5. The molecule has 148 valence electrons. The lowest BCUT2D eigenvalue weighted by molar-refractivity contribution is 0.0990. The van der Waals surface area contributed by atoms with Gasteiger partial charge in [0.15, 0.2) is 17.1 Å². The van der Waals surface area contributed by atoms with Crippen LogP contribution in [0.2, 0.25) is 0 Å². The van der Waals surface area contributed by atoms with Gasteiger partial charge < -0.3 is 8.83 Å². The fraction of sp³-hybridized carbons (Fsp3) is 0. The highest BCUT2D eigenvalue weighted by Crippen LogP contribution is 2.33. The lowest BCUT2D eigenvalue weighted by atomic mass is 10.0. The van der Waals surface area contributed by atoms with Gasteiger partial charge in [0.2, 0.25) is 5.89 Å². The van der Waals surface area contributed by atoms with Gasteiger partial charge in [0, 0.05) is 22.8 Å². The molecule has 0 radical (unpaired) electrons. The van der Waals surface area contributed by atoms with E-state index >= 15 is 0 Å². The lowest BCUT2D eigenvalue weighted by Crippen LogP contribution is -1.99. The fourth-order valence-electron chi connectivity index (χ4n) is 3.82. The second kappa shape index (κ2) is 6.34. The molecule has 0 bridgehead atoms. The van der Waals surface area contributed by atoms with Gasteiger partial charge in [-0.15, -0.1) is 0 Å². The Balaban J connectivity index is 1.38. The first kappa shape index (κ1) is 17.5. The first-order valence-electron chi connectivity index (χ1n) is 9.57. The molecule has 31 heavy (non-hydrogen) atoms. The minimum atomic E-state index is -0.354. The molecule has 0 saturated heterocycles. The molecule has 1 aliphatic carbocycles. The van der Waals surface area contributed by atoms with Crippen LogP contribution in [0.1, 0.15) is 26.5 Å². The van der Waals surface area contributed by atoms with Crippen molar-refractivity contribution in [1.82, 2.24) is 4.98 Å². The number of fused-ring (bicyclic) bond motifs is 3. The number of carbonyl (C=O) groups excluding carboxylic acids is 2. The third kappa shape index (κ3) is 2.73. The van der Waals surface area contributed by atoms with Gasteiger partial charge in [-0.1, -0.05) is 24.3 Å². The molecule has 6 heteroatoms. The van der Waals surface area contributed by atoms with Crippen molar-refractivity contribution < 1.29 is 22.8 Å². The van der Waals surface area contributed by atoms with E-state index in [1.54, 1.807) is 30.3 Å². The van der Waals surface area contributed by atoms with Crippen LogP contribution in [0, 0.1) is 5.82 Å². The molecule has 0 amide bonds. The Labute approximate surface area is 174 Å². The van der Waals surface area contributed by atoms with Gasteiger partial charge in [0.25, 0.3) is 5.71 Å². The van der Waals surface area contributed by atoms with Crippen molar-refractivity contribution in [3.8, 4) is 11.5 Å². The number of halogens is 1. The van der Waals surface area contributed by atoms with Crippen molar-refractivity contribution in [2.24, 2.45) is 0 Å². The van der Waals surface area contributed by atoms with Gasteiger partial charge in [-0.2, -0.15) is 4.98 Å². The van der Waals surface area contributed by atoms with Crippen LogP contribution in [-0.4, -0.2) is 16.6 Å². The molecular weight excluding hydrogens is 397 g/mol. The summed E-state index contributed by atoms with van der Waals surface area (Å²) in [6, 6.07) is 18.4. The number of oxazole rings is 1. The van der Waals surface area contributed by atoms with Crippen LogP contribution < -0.4 is 0 Å². The number of nitrogens with zero attached hydrogens (tertiary/aromatic N) is 1. The Morgan fingerprint density at radius 3 is 2.06 bits per heavy atom. The second-order valence-electron chi connectivity index (χ2n) is 7.31. The molecule has 0 fully saturated rings. The van der Waals surface area contributed by atoms with Gasteiger partial charge in [0.05, 0.1) is 5.57 Å². The van der Waals surface area contributed by atoms with Crippen LogP contribution in [0.25, 0.3) is 39.6 Å². The van der Waals surface area contributed by atoms with Crippen LogP contribution in [0.5, 0.6) is 0 Å². The summed E-state index contributed by atoms with van der Waals surface area (Å²) in [7, 11) is 0. The number of Topliss-reactive ketones (excluding diaryl/α,β-unsaturated/α-hetero) is 2. The van der Waals surface area contributed by atoms with E-state index in [4.69, 9.17) is 8.83 Å². The molecule has 0 saturated carbocycles. The van der Waals surface area contributed by atoms with Crippen molar-refractivity contribution in [3.05, 3.63) is 95.0 Å². The summed E-state index contributed by atoms with van der Waals surface area (Å²) in [4.78, 5) is 30.0. The van der Waals surface area contributed by atoms with Crippen LogP contribution in [0.15, 0.2) is 81.1 Å². The van der Waals surface area contributed by atoms with Gasteiger partial charge in [-0.25, -0.2) is 4.39 Å². The highest BCUT2D eigenvalue weighted by molar-refractivity contribution is 6.42. The maximum Gasteiger partial charge on any atom is 0.266 e. The quantitative estimate of drug-likeness (QED) is 0.270. The van der Waals surface area contributed by atoms with Gasteiger partial charge >= 0.3 is 0 Å². The zero-order valence-electron chi connectivity index (χ0n) is 15.9. The predicted octanol–water partition coefficient (Wildman–Crippen LogP) is 5.84. The Bertz CT molecular complexity index is 1480. The van der Waals surface area contributed by atoms with Crippen LogP contribution in [-0.2, 0) is 0 Å². The Morgan fingerprint density at radius 1 is 0.806 bits per heavy atom.